The molecule has 0 aliphatic rings. The standard InChI is InChI=1S/C6H2Cl2N6O/c7-3-9-1-11-5(13-3)15-6-12-2-10-4(8)14-6/h1-2H. The minimum atomic E-state index is -0.0164. The molecule has 0 aromatic carbocycles. The molecule has 0 saturated carbocycles. The molecule has 0 saturated heterocycles. The van der Waals surface area contributed by atoms with Crippen molar-refractivity contribution in [1.82, 2.24) is 29.9 Å². The lowest BCUT2D eigenvalue weighted by molar-refractivity contribution is 0.403. The molecule has 15 heavy (non-hydrogen) atoms. The molecule has 7 nitrogen and oxygen atoms in total. The van der Waals surface area contributed by atoms with Crippen molar-refractivity contribution in [2.24, 2.45) is 0 Å². The fraction of sp³-hybridized carbons (Fsp3) is 0. The van der Waals surface area contributed by atoms with E-state index in [2.05, 4.69) is 29.9 Å². The summed E-state index contributed by atoms with van der Waals surface area (Å²) < 4.78 is 5.05. The fourth-order valence-electron chi connectivity index (χ4n) is 0.705. The molecule has 9 heteroatoms. The number of rotatable bonds is 2. The van der Waals surface area contributed by atoms with Crippen LogP contribution >= 0.6 is 23.2 Å². The van der Waals surface area contributed by atoms with Gasteiger partial charge >= 0.3 is 12.0 Å². The Morgan fingerprint density at radius 2 is 1.27 bits per heavy atom. The van der Waals surface area contributed by atoms with Crippen molar-refractivity contribution in [3.05, 3.63) is 23.2 Å². The Morgan fingerprint density at radius 3 is 1.67 bits per heavy atom. The van der Waals surface area contributed by atoms with Crippen molar-refractivity contribution in [1.29, 1.82) is 0 Å². The molecule has 0 bridgehead atoms. The highest BCUT2D eigenvalue weighted by atomic mass is 35.5. The third kappa shape index (κ3) is 2.67. The van der Waals surface area contributed by atoms with E-state index in [4.69, 9.17) is 27.9 Å². The van der Waals surface area contributed by atoms with Gasteiger partial charge in [-0.1, -0.05) is 0 Å². The molecule has 0 aliphatic heterocycles. The van der Waals surface area contributed by atoms with Crippen LogP contribution in [0.25, 0.3) is 0 Å². The van der Waals surface area contributed by atoms with E-state index in [1.165, 1.54) is 12.7 Å². The molecule has 0 spiro atoms. The van der Waals surface area contributed by atoms with Crippen LogP contribution in [0.3, 0.4) is 0 Å². The summed E-state index contributed by atoms with van der Waals surface area (Å²) in [5, 5.41) is 0.0281. The molecule has 2 rings (SSSR count). The van der Waals surface area contributed by atoms with Gasteiger partial charge in [0.25, 0.3) is 0 Å². The lowest BCUT2D eigenvalue weighted by Gasteiger charge is -1.99. The van der Waals surface area contributed by atoms with Gasteiger partial charge < -0.3 is 4.74 Å². The van der Waals surface area contributed by atoms with Gasteiger partial charge in [-0.25, -0.2) is 9.97 Å². The maximum atomic E-state index is 5.52. The van der Waals surface area contributed by atoms with E-state index in [1.54, 1.807) is 0 Å². The number of hydrogen-bond donors (Lipinski definition) is 0. The van der Waals surface area contributed by atoms with Crippen LogP contribution in [-0.2, 0) is 0 Å². The van der Waals surface area contributed by atoms with Crippen LogP contribution in [0.1, 0.15) is 0 Å². The van der Waals surface area contributed by atoms with Gasteiger partial charge in [0.2, 0.25) is 10.6 Å². The number of ether oxygens (including phenoxy) is 1. The molecule has 0 fully saturated rings. The van der Waals surface area contributed by atoms with Gasteiger partial charge in [-0.2, -0.15) is 19.9 Å². The van der Waals surface area contributed by atoms with Crippen molar-refractivity contribution in [3.8, 4) is 12.0 Å². The molecule has 2 heterocycles. The fourth-order valence-corrected chi connectivity index (χ4v) is 0.937. The summed E-state index contributed by atoms with van der Waals surface area (Å²) in [6, 6.07) is -0.0328. The molecule has 0 atom stereocenters. The van der Waals surface area contributed by atoms with Crippen LogP contribution in [-0.4, -0.2) is 29.9 Å². The predicted molar refractivity (Wildman–Crippen MR) is 49.7 cm³/mol. The summed E-state index contributed by atoms with van der Waals surface area (Å²) >= 11 is 11.0. The maximum Gasteiger partial charge on any atom is 0.328 e. The van der Waals surface area contributed by atoms with Gasteiger partial charge in [-0.15, -0.1) is 0 Å². The zero-order chi connectivity index (χ0) is 10.7. The van der Waals surface area contributed by atoms with Crippen LogP contribution in [0, 0.1) is 0 Å². The second-order valence-electron chi connectivity index (χ2n) is 2.18. The molecular formula is C6H2Cl2N6O. The van der Waals surface area contributed by atoms with Gasteiger partial charge in [0, 0.05) is 0 Å². The number of hydrogen-bond acceptors (Lipinski definition) is 7. The first-order chi connectivity index (χ1) is 7.24. The third-order valence-corrected chi connectivity index (χ3v) is 1.59. The highest BCUT2D eigenvalue weighted by molar-refractivity contribution is 6.28. The summed E-state index contributed by atoms with van der Waals surface area (Å²) in [5.41, 5.74) is 0. The summed E-state index contributed by atoms with van der Waals surface area (Å²) in [5.74, 6) is 0. The summed E-state index contributed by atoms with van der Waals surface area (Å²) in [4.78, 5) is 21.9. The molecule has 0 unspecified atom stereocenters. The SMILES string of the molecule is Clc1ncnc(Oc2ncnc(Cl)n2)n1. The van der Waals surface area contributed by atoms with Crippen molar-refractivity contribution in [2.75, 3.05) is 0 Å². The van der Waals surface area contributed by atoms with Crippen LogP contribution in [0.2, 0.25) is 10.6 Å². The Balaban J connectivity index is 2.22. The van der Waals surface area contributed by atoms with E-state index in [1.807, 2.05) is 0 Å². The average molecular weight is 245 g/mol. The quantitative estimate of drug-likeness (QED) is 0.784. The highest BCUT2D eigenvalue weighted by Crippen LogP contribution is 2.13. The predicted octanol–water partition coefficient (Wildman–Crippen LogP) is 1.16. The first kappa shape index (κ1) is 9.94. The summed E-state index contributed by atoms with van der Waals surface area (Å²) in [6.45, 7) is 0. The number of nitrogens with zero attached hydrogens (tertiary/aromatic N) is 6. The first-order valence-corrected chi connectivity index (χ1v) is 4.36. The van der Waals surface area contributed by atoms with E-state index < -0.39 is 0 Å². The zero-order valence-corrected chi connectivity index (χ0v) is 8.51. The topological polar surface area (TPSA) is 86.6 Å². The van der Waals surface area contributed by atoms with Gasteiger partial charge in [-0.3, -0.25) is 0 Å². The van der Waals surface area contributed by atoms with Crippen LogP contribution < -0.4 is 4.74 Å². The third-order valence-electron chi connectivity index (χ3n) is 1.22. The van der Waals surface area contributed by atoms with Gasteiger partial charge in [0.15, 0.2) is 0 Å². The normalized spacial score (nSPS) is 10.0. The maximum absolute atomic E-state index is 5.52. The van der Waals surface area contributed by atoms with Gasteiger partial charge in [0.05, 0.1) is 0 Å². The highest BCUT2D eigenvalue weighted by Gasteiger charge is 2.04. The van der Waals surface area contributed by atoms with Crippen molar-refractivity contribution < 1.29 is 4.74 Å². The lowest BCUT2D eigenvalue weighted by atomic mass is 10.9. The summed E-state index contributed by atoms with van der Waals surface area (Å²) in [6.07, 6.45) is 2.40. The number of aromatic nitrogens is 6. The van der Waals surface area contributed by atoms with Crippen molar-refractivity contribution >= 4 is 23.2 Å². The second-order valence-corrected chi connectivity index (χ2v) is 2.85. The summed E-state index contributed by atoms with van der Waals surface area (Å²) in [7, 11) is 0. The van der Waals surface area contributed by atoms with Crippen LogP contribution in [0.15, 0.2) is 12.7 Å². The Bertz CT molecular complexity index is 437. The second kappa shape index (κ2) is 4.28. The van der Waals surface area contributed by atoms with Gasteiger partial charge in [-0.05, 0) is 23.2 Å². The molecule has 0 amide bonds. The van der Waals surface area contributed by atoms with E-state index in [-0.39, 0.29) is 22.6 Å². The van der Waals surface area contributed by atoms with E-state index in [0.29, 0.717) is 0 Å². The Morgan fingerprint density at radius 1 is 0.800 bits per heavy atom. The zero-order valence-electron chi connectivity index (χ0n) is 7.00. The minimum absolute atomic E-state index is 0.0140. The minimum Gasteiger partial charge on any atom is -0.388 e. The van der Waals surface area contributed by atoms with Crippen LogP contribution in [0.5, 0.6) is 12.0 Å². The Hall–Kier alpha value is -1.60. The van der Waals surface area contributed by atoms with E-state index in [0.717, 1.165) is 0 Å². The molecule has 0 radical (unpaired) electrons. The lowest BCUT2D eigenvalue weighted by Crippen LogP contribution is -1.97. The Labute approximate surface area is 93.5 Å². The van der Waals surface area contributed by atoms with E-state index >= 15 is 0 Å². The molecule has 0 aliphatic carbocycles. The molecule has 0 N–H and O–H groups in total. The van der Waals surface area contributed by atoms with E-state index in [9.17, 15) is 0 Å². The average Bonchev–Trinajstić information content (AvgIpc) is 2.17. The first-order valence-electron chi connectivity index (χ1n) is 3.61. The Kier molecular flexibility index (Phi) is 2.84. The molecule has 2 aromatic heterocycles. The molecular weight excluding hydrogens is 243 g/mol. The van der Waals surface area contributed by atoms with Crippen molar-refractivity contribution in [3.63, 3.8) is 0 Å². The molecule has 76 valence electrons. The smallest absolute Gasteiger partial charge is 0.328 e. The van der Waals surface area contributed by atoms with Crippen molar-refractivity contribution in [2.45, 2.75) is 0 Å². The van der Waals surface area contributed by atoms with Crippen LogP contribution in [0.4, 0.5) is 0 Å². The monoisotopic (exact) mass is 244 g/mol. The largest absolute Gasteiger partial charge is 0.388 e. The van der Waals surface area contributed by atoms with Gasteiger partial charge in [0.1, 0.15) is 12.7 Å². The molecule has 2 aromatic rings. The number of halogens is 2.